The highest BCUT2D eigenvalue weighted by Gasteiger charge is 2.27. The summed E-state index contributed by atoms with van der Waals surface area (Å²) in [5.41, 5.74) is -0.755. The monoisotopic (exact) mass is 268 g/mol. The smallest absolute Gasteiger partial charge is 0.303 e. The lowest BCUT2D eigenvalue weighted by molar-refractivity contribution is -0.139. The normalized spacial score (nSPS) is 11.2. The molecule has 0 aromatic heterocycles. The van der Waals surface area contributed by atoms with Crippen LogP contribution in [0.5, 0.6) is 5.75 Å². The zero-order valence-corrected chi connectivity index (χ0v) is 11.2. The van der Waals surface area contributed by atoms with Gasteiger partial charge in [0, 0.05) is 12.5 Å². The fourth-order valence-corrected chi connectivity index (χ4v) is 1.85. The molecule has 0 bridgehead atoms. The maximum atomic E-state index is 13.7. The minimum Gasteiger partial charge on any atom is -0.497 e. The molecule has 0 aliphatic carbocycles. The highest BCUT2D eigenvalue weighted by atomic mass is 19.1. The van der Waals surface area contributed by atoms with Crippen molar-refractivity contribution in [2.24, 2.45) is 5.41 Å². The first kappa shape index (κ1) is 15.1. The molecule has 0 aliphatic heterocycles. The molecule has 0 atom stereocenters. The third-order valence-electron chi connectivity index (χ3n) is 2.75. The molecule has 0 saturated carbocycles. The topological polar surface area (TPSA) is 63.6 Å². The summed E-state index contributed by atoms with van der Waals surface area (Å²) in [5, 5.41) is 8.75. The predicted molar refractivity (Wildman–Crippen MR) is 67.9 cm³/mol. The van der Waals surface area contributed by atoms with Crippen molar-refractivity contribution >= 4 is 11.8 Å². The number of hydrogen-bond acceptors (Lipinski definition) is 3. The number of ether oxygens (including phenoxy) is 1. The molecule has 0 amide bonds. The summed E-state index contributed by atoms with van der Waals surface area (Å²) in [4.78, 5) is 22.7. The number of carbonyl (C=O) groups is 2. The summed E-state index contributed by atoms with van der Waals surface area (Å²) < 4.78 is 18.6. The van der Waals surface area contributed by atoms with E-state index in [1.165, 1.54) is 19.2 Å². The maximum Gasteiger partial charge on any atom is 0.303 e. The number of benzene rings is 1. The molecule has 1 aromatic rings. The van der Waals surface area contributed by atoms with Crippen LogP contribution in [0.2, 0.25) is 0 Å². The predicted octanol–water partition coefficient (Wildman–Crippen LogP) is 2.91. The Morgan fingerprint density at radius 1 is 1.32 bits per heavy atom. The molecule has 0 spiro atoms. The van der Waals surface area contributed by atoms with Gasteiger partial charge in [0.1, 0.15) is 11.6 Å². The molecule has 104 valence electrons. The van der Waals surface area contributed by atoms with Crippen LogP contribution in [-0.4, -0.2) is 24.0 Å². The lowest BCUT2D eigenvalue weighted by Crippen LogP contribution is -2.21. The SMILES string of the molecule is COc1ccc(C(=O)CC(C)(C)CC(=O)O)c(F)c1. The first-order valence-corrected chi connectivity index (χ1v) is 5.84. The first-order valence-electron chi connectivity index (χ1n) is 5.84. The minimum atomic E-state index is -0.979. The molecule has 0 unspecified atom stereocenters. The summed E-state index contributed by atoms with van der Waals surface area (Å²) >= 11 is 0. The Morgan fingerprint density at radius 3 is 2.42 bits per heavy atom. The summed E-state index contributed by atoms with van der Waals surface area (Å²) in [6.45, 7) is 3.33. The van der Waals surface area contributed by atoms with Crippen LogP contribution in [0.15, 0.2) is 18.2 Å². The van der Waals surface area contributed by atoms with Gasteiger partial charge >= 0.3 is 5.97 Å². The molecular weight excluding hydrogens is 251 g/mol. The lowest BCUT2D eigenvalue weighted by Gasteiger charge is -2.21. The van der Waals surface area contributed by atoms with Crippen LogP contribution < -0.4 is 4.74 Å². The number of carboxylic acids is 1. The van der Waals surface area contributed by atoms with Gasteiger partial charge in [-0.2, -0.15) is 0 Å². The van der Waals surface area contributed by atoms with E-state index in [4.69, 9.17) is 9.84 Å². The van der Waals surface area contributed by atoms with E-state index in [0.717, 1.165) is 6.07 Å². The lowest BCUT2D eigenvalue weighted by atomic mass is 9.82. The first-order chi connectivity index (χ1) is 8.75. The van der Waals surface area contributed by atoms with E-state index in [-0.39, 0.29) is 18.4 Å². The second-order valence-corrected chi connectivity index (χ2v) is 5.18. The van der Waals surface area contributed by atoms with Crippen LogP contribution in [0, 0.1) is 11.2 Å². The average Bonchev–Trinajstić information content (AvgIpc) is 2.25. The van der Waals surface area contributed by atoms with Crippen LogP contribution in [0.4, 0.5) is 4.39 Å². The van der Waals surface area contributed by atoms with Crippen molar-refractivity contribution < 1.29 is 23.8 Å². The Hall–Kier alpha value is -1.91. The molecule has 0 radical (unpaired) electrons. The maximum absolute atomic E-state index is 13.7. The molecule has 1 aromatic carbocycles. The van der Waals surface area contributed by atoms with Gasteiger partial charge in [-0.15, -0.1) is 0 Å². The van der Waals surface area contributed by atoms with Crippen molar-refractivity contribution in [3.05, 3.63) is 29.6 Å². The number of aliphatic carboxylic acids is 1. The van der Waals surface area contributed by atoms with Crippen molar-refractivity contribution in [2.75, 3.05) is 7.11 Å². The van der Waals surface area contributed by atoms with Gasteiger partial charge in [-0.3, -0.25) is 9.59 Å². The van der Waals surface area contributed by atoms with Crippen LogP contribution >= 0.6 is 0 Å². The van der Waals surface area contributed by atoms with Gasteiger partial charge in [-0.05, 0) is 17.5 Å². The van der Waals surface area contributed by atoms with Crippen LogP contribution in [-0.2, 0) is 4.79 Å². The van der Waals surface area contributed by atoms with E-state index in [9.17, 15) is 14.0 Å². The fourth-order valence-electron chi connectivity index (χ4n) is 1.85. The fraction of sp³-hybridized carbons (Fsp3) is 0.429. The second kappa shape index (κ2) is 5.82. The van der Waals surface area contributed by atoms with Crippen molar-refractivity contribution in [3.8, 4) is 5.75 Å². The van der Waals surface area contributed by atoms with Gasteiger partial charge in [0.25, 0.3) is 0 Å². The van der Waals surface area contributed by atoms with E-state index in [1.807, 2.05) is 0 Å². The van der Waals surface area contributed by atoms with Crippen LogP contribution in [0.3, 0.4) is 0 Å². The Morgan fingerprint density at radius 2 is 1.95 bits per heavy atom. The van der Waals surface area contributed by atoms with Crippen molar-refractivity contribution in [2.45, 2.75) is 26.7 Å². The average molecular weight is 268 g/mol. The minimum absolute atomic E-state index is 0.0252. The quantitative estimate of drug-likeness (QED) is 0.806. The molecular formula is C14H17FO4. The molecule has 0 heterocycles. The summed E-state index contributed by atoms with van der Waals surface area (Å²) in [6.07, 6.45) is -0.168. The third kappa shape index (κ3) is 4.35. The zero-order valence-electron chi connectivity index (χ0n) is 11.2. The van der Waals surface area contributed by atoms with Gasteiger partial charge in [-0.1, -0.05) is 13.8 Å². The number of ketones is 1. The number of carbonyl (C=O) groups excluding carboxylic acids is 1. The van der Waals surface area contributed by atoms with E-state index in [0.29, 0.717) is 5.75 Å². The Labute approximate surface area is 111 Å². The van der Waals surface area contributed by atoms with Crippen LogP contribution in [0.25, 0.3) is 0 Å². The third-order valence-corrected chi connectivity index (χ3v) is 2.75. The molecule has 0 aliphatic rings. The van der Waals surface area contributed by atoms with Gasteiger partial charge in [0.05, 0.1) is 19.1 Å². The van der Waals surface area contributed by atoms with Crippen molar-refractivity contribution in [1.82, 2.24) is 0 Å². The number of carboxylic acid groups (broad SMARTS) is 1. The van der Waals surface area contributed by atoms with Gasteiger partial charge < -0.3 is 9.84 Å². The van der Waals surface area contributed by atoms with E-state index >= 15 is 0 Å². The molecule has 5 heteroatoms. The highest BCUT2D eigenvalue weighted by molar-refractivity contribution is 5.97. The van der Waals surface area contributed by atoms with Gasteiger partial charge in [0.2, 0.25) is 0 Å². The van der Waals surface area contributed by atoms with Gasteiger partial charge in [-0.25, -0.2) is 4.39 Å². The van der Waals surface area contributed by atoms with Gasteiger partial charge in [0.15, 0.2) is 5.78 Å². The van der Waals surface area contributed by atoms with Crippen molar-refractivity contribution in [3.63, 3.8) is 0 Å². The number of hydrogen-bond donors (Lipinski definition) is 1. The largest absolute Gasteiger partial charge is 0.497 e. The number of rotatable bonds is 6. The number of Topliss-reactive ketones (excluding diaryl/α,β-unsaturated/α-hetero) is 1. The summed E-state index contributed by atoms with van der Waals surface area (Å²) in [7, 11) is 1.41. The summed E-state index contributed by atoms with van der Waals surface area (Å²) in [5.74, 6) is -1.71. The van der Waals surface area contributed by atoms with E-state index in [1.54, 1.807) is 13.8 Å². The van der Waals surface area contributed by atoms with E-state index in [2.05, 4.69) is 0 Å². The summed E-state index contributed by atoms with van der Waals surface area (Å²) in [6, 6.07) is 3.99. The number of methoxy groups -OCH3 is 1. The molecule has 4 nitrogen and oxygen atoms in total. The number of halogens is 1. The molecule has 1 rings (SSSR count). The molecule has 0 saturated heterocycles. The Bertz CT molecular complexity index is 494. The molecule has 0 fully saturated rings. The van der Waals surface area contributed by atoms with E-state index < -0.39 is 23.0 Å². The Balaban J connectivity index is 2.86. The Kier molecular flexibility index (Phi) is 4.64. The van der Waals surface area contributed by atoms with Crippen molar-refractivity contribution in [1.29, 1.82) is 0 Å². The standard InChI is InChI=1S/C14H17FO4/c1-14(2,8-13(17)18)7-12(16)10-5-4-9(19-3)6-11(10)15/h4-6H,7-8H2,1-3H3,(H,17,18). The highest BCUT2D eigenvalue weighted by Crippen LogP contribution is 2.28. The second-order valence-electron chi connectivity index (χ2n) is 5.18. The molecule has 19 heavy (non-hydrogen) atoms. The van der Waals surface area contributed by atoms with Crippen LogP contribution in [0.1, 0.15) is 37.0 Å². The zero-order chi connectivity index (χ0) is 14.6. The molecule has 1 N–H and O–H groups in total.